The van der Waals surface area contributed by atoms with Gasteiger partial charge in [-0.05, 0) is 68.1 Å². The zero-order valence-electron chi connectivity index (χ0n) is 17.8. The van der Waals surface area contributed by atoms with Crippen molar-refractivity contribution in [1.82, 2.24) is 19.2 Å². The molecule has 3 aromatic heterocycles. The van der Waals surface area contributed by atoms with Crippen LogP contribution in [0.15, 0.2) is 65.1 Å². The average Bonchev–Trinajstić information content (AvgIpc) is 3.14. The lowest BCUT2D eigenvalue weighted by atomic mass is 10.0. The van der Waals surface area contributed by atoms with E-state index in [4.69, 9.17) is 0 Å². The second-order valence-electron chi connectivity index (χ2n) is 7.51. The fourth-order valence-electron chi connectivity index (χ4n) is 3.68. The van der Waals surface area contributed by atoms with Crippen molar-refractivity contribution in [2.24, 2.45) is 5.10 Å². The standard InChI is InChI=1S/C23H23N5O2S/c1-15-10-16(2)23(18(4)17(15)3)31(29,30)27-26-13-21-12-25-22-8-7-20(14-28(21)22)19-6-5-9-24-11-19/h5-14,27H,1-4H3. The van der Waals surface area contributed by atoms with E-state index in [0.717, 1.165) is 33.5 Å². The summed E-state index contributed by atoms with van der Waals surface area (Å²) < 4.78 is 27.7. The summed E-state index contributed by atoms with van der Waals surface area (Å²) in [4.78, 5) is 11.1. The Kier molecular flexibility index (Phi) is 5.32. The van der Waals surface area contributed by atoms with Gasteiger partial charge in [0.05, 0.1) is 23.0 Å². The molecule has 0 atom stereocenters. The number of hydrogen-bond donors (Lipinski definition) is 1. The first-order valence-electron chi connectivity index (χ1n) is 9.78. The maximum Gasteiger partial charge on any atom is 0.277 e. The summed E-state index contributed by atoms with van der Waals surface area (Å²) in [5.74, 6) is 0. The molecular weight excluding hydrogens is 410 g/mol. The van der Waals surface area contributed by atoms with Crippen molar-refractivity contribution in [2.75, 3.05) is 0 Å². The molecule has 31 heavy (non-hydrogen) atoms. The molecule has 0 aliphatic carbocycles. The number of aryl methyl sites for hydroxylation is 2. The summed E-state index contributed by atoms with van der Waals surface area (Å²) in [6.45, 7) is 7.51. The van der Waals surface area contributed by atoms with E-state index in [1.165, 1.54) is 6.21 Å². The Bertz CT molecular complexity index is 1410. The lowest BCUT2D eigenvalue weighted by molar-refractivity contribution is 0.583. The number of pyridine rings is 2. The zero-order valence-corrected chi connectivity index (χ0v) is 18.6. The van der Waals surface area contributed by atoms with Gasteiger partial charge in [0.25, 0.3) is 10.0 Å². The van der Waals surface area contributed by atoms with Gasteiger partial charge in [0, 0.05) is 29.7 Å². The van der Waals surface area contributed by atoms with E-state index in [-0.39, 0.29) is 4.90 Å². The topological polar surface area (TPSA) is 88.7 Å². The van der Waals surface area contributed by atoms with Gasteiger partial charge in [-0.15, -0.1) is 0 Å². The Morgan fingerprint density at radius 3 is 2.55 bits per heavy atom. The summed E-state index contributed by atoms with van der Waals surface area (Å²) in [5.41, 5.74) is 6.77. The predicted molar refractivity (Wildman–Crippen MR) is 122 cm³/mol. The van der Waals surface area contributed by atoms with Gasteiger partial charge >= 0.3 is 0 Å². The lowest BCUT2D eigenvalue weighted by Crippen LogP contribution is -2.21. The third kappa shape index (κ3) is 3.94. The fraction of sp³-hybridized carbons (Fsp3) is 0.174. The molecule has 0 fully saturated rings. The minimum absolute atomic E-state index is 0.268. The number of hydrogen-bond acceptors (Lipinski definition) is 5. The predicted octanol–water partition coefficient (Wildman–Crippen LogP) is 3.94. The number of hydrazone groups is 1. The second-order valence-corrected chi connectivity index (χ2v) is 9.11. The number of nitrogens with one attached hydrogen (secondary N) is 1. The van der Waals surface area contributed by atoms with Crippen molar-refractivity contribution < 1.29 is 8.42 Å². The third-order valence-electron chi connectivity index (χ3n) is 5.45. The van der Waals surface area contributed by atoms with Crippen molar-refractivity contribution >= 4 is 21.9 Å². The maximum absolute atomic E-state index is 12.9. The van der Waals surface area contributed by atoms with Crippen molar-refractivity contribution in [3.05, 3.63) is 83.1 Å². The van der Waals surface area contributed by atoms with Crippen LogP contribution in [0.5, 0.6) is 0 Å². The Labute approximate surface area is 181 Å². The number of rotatable bonds is 5. The summed E-state index contributed by atoms with van der Waals surface area (Å²) in [6, 6.07) is 9.59. The minimum atomic E-state index is -3.80. The number of sulfonamides is 1. The lowest BCUT2D eigenvalue weighted by Gasteiger charge is -2.14. The number of fused-ring (bicyclic) bond motifs is 1. The van der Waals surface area contributed by atoms with Crippen LogP contribution in [-0.2, 0) is 10.0 Å². The molecule has 0 saturated heterocycles. The van der Waals surface area contributed by atoms with E-state index in [0.29, 0.717) is 11.3 Å². The molecule has 4 rings (SSSR count). The molecule has 0 aliphatic heterocycles. The highest BCUT2D eigenvalue weighted by molar-refractivity contribution is 7.89. The van der Waals surface area contributed by atoms with E-state index in [1.54, 1.807) is 25.5 Å². The highest BCUT2D eigenvalue weighted by Crippen LogP contribution is 2.25. The maximum atomic E-state index is 12.9. The van der Waals surface area contributed by atoms with Gasteiger partial charge in [-0.2, -0.15) is 18.4 Å². The highest BCUT2D eigenvalue weighted by Gasteiger charge is 2.21. The molecule has 0 unspecified atom stereocenters. The van der Waals surface area contributed by atoms with Gasteiger partial charge in [0.1, 0.15) is 5.65 Å². The molecule has 158 valence electrons. The molecule has 4 aromatic rings. The average molecular weight is 434 g/mol. The molecule has 3 heterocycles. The quantitative estimate of drug-likeness (QED) is 0.381. The molecule has 0 saturated carbocycles. The van der Waals surface area contributed by atoms with Crippen LogP contribution in [-0.4, -0.2) is 29.0 Å². The Balaban J connectivity index is 1.64. The molecule has 1 N–H and O–H groups in total. The van der Waals surface area contributed by atoms with Crippen molar-refractivity contribution in [3.8, 4) is 11.1 Å². The normalized spacial score (nSPS) is 12.0. The van der Waals surface area contributed by atoms with Gasteiger partial charge < -0.3 is 0 Å². The molecule has 0 bridgehead atoms. The highest BCUT2D eigenvalue weighted by atomic mass is 32.2. The third-order valence-corrected chi connectivity index (χ3v) is 6.96. The van der Waals surface area contributed by atoms with Crippen LogP contribution in [0.3, 0.4) is 0 Å². The van der Waals surface area contributed by atoms with Crippen LogP contribution in [0.1, 0.15) is 27.9 Å². The summed E-state index contributed by atoms with van der Waals surface area (Å²) in [5, 5.41) is 4.01. The number of imidazole rings is 1. The summed E-state index contributed by atoms with van der Waals surface area (Å²) >= 11 is 0. The molecule has 0 aliphatic rings. The largest absolute Gasteiger partial charge is 0.298 e. The van der Waals surface area contributed by atoms with Crippen LogP contribution in [0, 0.1) is 27.7 Å². The van der Waals surface area contributed by atoms with Gasteiger partial charge in [0.15, 0.2) is 0 Å². The Hall–Kier alpha value is -3.52. The first kappa shape index (κ1) is 20.7. The first-order valence-corrected chi connectivity index (χ1v) is 11.3. The number of benzene rings is 1. The Morgan fingerprint density at radius 1 is 1.00 bits per heavy atom. The molecule has 0 amide bonds. The summed E-state index contributed by atoms with van der Waals surface area (Å²) in [7, 11) is -3.80. The molecule has 0 radical (unpaired) electrons. The van der Waals surface area contributed by atoms with Crippen LogP contribution >= 0.6 is 0 Å². The van der Waals surface area contributed by atoms with Crippen LogP contribution in [0.25, 0.3) is 16.8 Å². The van der Waals surface area contributed by atoms with E-state index >= 15 is 0 Å². The van der Waals surface area contributed by atoms with Crippen LogP contribution in [0.4, 0.5) is 0 Å². The van der Waals surface area contributed by atoms with Gasteiger partial charge in [-0.3, -0.25) is 9.38 Å². The fourth-order valence-corrected chi connectivity index (χ4v) is 5.00. The molecule has 0 spiro atoms. The second kappa shape index (κ2) is 7.96. The van der Waals surface area contributed by atoms with Crippen LogP contribution < -0.4 is 4.83 Å². The van der Waals surface area contributed by atoms with Gasteiger partial charge in [-0.1, -0.05) is 12.1 Å². The van der Waals surface area contributed by atoms with E-state index in [2.05, 4.69) is 19.9 Å². The molecule has 8 heteroatoms. The first-order chi connectivity index (χ1) is 14.8. The SMILES string of the molecule is Cc1cc(C)c(S(=O)(=O)NN=Cc2cnc3ccc(-c4cccnc4)cn23)c(C)c1C. The monoisotopic (exact) mass is 433 g/mol. The summed E-state index contributed by atoms with van der Waals surface area (Å²) in [6.07, 6.45) is 8.53. The van der Waals surface area contributed by atoms with Gasteiger partial charge in [0.2, 0.25) is 0 Å². The van der Waals surface area contributed by atoms with Crippen LogP contribution in [0.2, 0.25) is 0 Å². The zero-order chi connectivity index (χ0) is 22.2. The Morgan fingerprint density at radius 2 is 1.81 bits per heavy atom. The smallest absolute Gasteiger partial charge is 0.277 e. The van der Waals surface area contributed by atoms with E-state index in [9.17, 15) is 8.42 Å². The van der Waals surface area contributed by atoms with Crippen molar-refractivity contribution in [2.45, 2.75) is 32.6 Å². The number of nitrogens with zero attached hydrogens (tertiary/aromatic N) is 4. The van der Waals surface area contributed by atoms with Crippen molar-refractivity contribution in [3.63, 3.8) is 0 Å². The van der Waals surface area contributed by atoms with E-state index in [1.807, 2.05) is 61.7 Å². The molecule has 1 aromatic carbocycles. The van der Waals surface area contributed by atoms with Gasteiger partial charge in [-0.25, -0.2) is 4.98 Å². The van der Waals surface area contributed by atoms with Crippen molar-refractivity contribution in [1.29, 1.82) is 0 Å². The molecular formula is C23H23N5O2S. The van der Waals surface area contributed by atoms with E-state index < -0.39 is 10.0 Å². The molecule has 7 nitrogen and oxygen atoms in total. The number of aromatic nitrogens is 3. The minimum Gasteiger partial charge on any atom is -0.298 e.